The van der Waals surface area contributed by atoms with Crippen LogP contribution < -0.4 is 5.32 Å². The number of methoxy groups -OCH3 is 2. The number of allylic oxidation sites excluding steroid dienone is 1. The van der Waals surface area contributed by atoms with E-state index in [-0.39, 0.29) is 27.8 Å². The molecule has 2 aromatic rings. The van der Waals surface area contributed by atoms with Crippen LogP contribution in [0.15, 0.2) is 59.1 Å². The minimum absolute atomic E-state index is 0.0137. The van der Waals surface area contributed by atoms with Gasteiger partial charge in [0.25, 0.3) is 0 Å². The van der Waals surface area contributed by atoms with E-state index < -0.39 is 29.7 Å². The van der Waals surface area contributed by atoms with Crippen molar-refractivity contribution in [3.63, 3.8) is 0 Å². The lowest BCUT2D eigenvalue weighted by molar-refractivity contribution is -0.150. The molecule has 0 aliphatic carbocycles. The summed E-state index contributed by atoms with van der Waals surface area (Å²) in [4.78, 5) is 52.2. The number of benzene rings is 2. The predicted octanol–water partition coefficient (Wildman–Crippen LogP) is 2.53. The number of carbonyl (C=O) groups excluding carboxylic acids is 4. The van der Waals surface area contributed by atoms with Crippen molar-refractivity contribution in [1.82, 2.24) is 10.2 Å². The number of carbonyl (C=O) groups is 4. The van der Waals surface area contributed by atoms with Crippen molar-refractivity contribution in [2.45, 2.75) is 18.9 Å². The monoisotopic (exact) mass is 519 g/mol. The molecule has 2 aromatic carbocycles. The Balaban J connectivity index is 1.59. The molecule has 2 amide bonds. The molecule has 0 fully saturated rings. The molecule has 2 aliphatic rings. The Labute approximate surface area is 218 Å². The maximum absolute atomic E-state index is 13.0. The van der Waals surface area contributed by atoms with Crippen molar-refractivity contribution in [2.75, 3.05) is 26.5 Å². The fraction of sp³-hybridized carbons (Fsp3) is 0.296. The molecule has 2 heterocycles. The molecule has 4 rings (SSSR count). The van der Waals surface area contributed by atoms with Crippen LogP contribution in [0.1, 0.15) is 33.0 Å². The van der Waals surface area contributed by atoms with Gasteiger partial charge >= 0.3 is 11.9 Å². The van der Waals surface area contributed by atoms with Gasteiger partial charge in [0.15, 0.2) is 0 Å². The van der Waals surface area contributed by atoms with E-state index in [1.807, 2.05) is 18.2 Å². The quantitative estimate of drug-likeness (QED) is 0.456. The zero-order chi connectivity index (χ0) is 26.5. The first-order chi connectivity index (χ1) is 17.9. The van der Waals surface area contributed by atoms with Crippen LogP contribution in [0.25, 0.3) is 0 Å². The molecule has 0 unspecified atom stereocenters. The van der Waals surface area contributed by atoms with Crippen LogP contribution in [-0.2, 0) is 36.8 Å². The highest BCUT2D eigenvalue weighted by molar-refractivity contribution is 8.03. The van der Waals surface area contributed by atoms with Gasteiger partial charge in [-0.2, -0.15) is 5.26 Å². The molecule has 0 saturated heterocycles. The number of thioether (sulfide) groups is 1. The summed E-state index contributed by atoms with van der Waals surface area (Å²) in [7, 11) is 2.43. The summed E-state index contributed by atoms with van der Waals surface area (Å²) in [6.45, 7) is 1.10. The van der Waals surface area contributed by atoms with Crippen molar-refractivity contribution in [1.29, 1.82) is 5.26 Å². The molecule has 37 heavy (non-hydrogen) atoms. The van der Waals surface area contributed by atoms with E-state index in [0.717, 1.165) is 23.7 Å². The summed E-state index contributed by atoms with van der Waals surface area (Å²) in [5.74, 6) is -4.31. The van der Waals surface area contributed by atoms with Crippen molar-refractivity contribution in [2.24, 2.45) is 5.92 Å². The Morgan fingerprint density at radius 3 is 2.43 bits per heavy atom. The third kappa shape index (κ3) is 5.37. The van der Waals surface area contributed by atoms with Crippen LogP contribution in [0, 0.1) is 17.2 Å². The smallest absolute Gasteiger partial charge is 0.337 e. The molecule has 0 saturated carbocycles. The molecule has 0 bridgehead atoms. The molecule has 2 atom stereocenters. The van der Waals surface area contributed by atoms with Gasteiger partial charge in [-0.1, -0.05) is 48.2 Å². The Kier molecular flexibility index (Phi) is 7.94. The number of fused-ring (bicyclic) bond motifs is 1. The van der Waals surface area contributed by atoms with Crippen LogP contribution in [0.4, 0.5) is 0 Å². The highest BCUT2D eigenvalue weighted by Crippen LogP contribution is 2.40. The van der Waals surface area contributed by atoms with E-state index in [2.05, 4.69) is 17.5 Å². The fourth-order valence-electron chi connectivity index (χ4n) is 4.56. The predicted molar refractivity (Wildman–Crippen MR) is 135 cm³/mol. The number of esters is 2. The summed E-state index contributed by atoms with van der Waals surface area (Å²) in [6.07, 6.45) is 0.764. The number of rotatable bonds is 6. The lowest BCUT2D eigenvalue weighted by atomic mass is 9.78. The first-order valence-corrected chi connectivity index (χ1v) is 12.5. The van der Waals surface area contributed by atoms with Crippen LogP contribution in [0.5, 0.6) is 0 Å². The Morgan fingerprint density at radius 2 is 1.78 bits per heavy atom. The normalized spacial score (nSPS) is 18.8. The van der Waals surface area contributed by atoms with Gasteiger partial charge in [-0.15, -0.1) is 0 Å². The van der Waals surface area contributed by atoms with Crippen molar-refractivity contribution in [3.8, 4) is 6.07 Å². The van der Waals surface area contributed by atoms with Crippen molar-refractivity contribution < 1.29 is 28.7 Å². The number of nitriles is 1. The van der Waals surface area contributed by atoms with Gasteiger partial charge in [-0.05, 0) is 35.2 Å². The third-order valence-corrected chi connectivity index (χ3v) is 7.50. The van der Waals surface area contributed by atoms with Gasteiger partial charge in [-0.3, -0.25) is 14.4 Å². The summed E-state index contributed by atoms with van der Waals surface area (Å²) >= 11 is 1.06. The molecule has 0 radical (unpaired) electrons. The lowest BCUT2D eigenvalue weighted by Gasteiger charge is -2.32. The Morgan fingerprint density at radius 1 is 1.08 bits per heavy atom. The molecule has 0 aromatic heterocycles. The maximum atomic E-state index is 13.0. The average molecular weight is 520 g/mol. The molecule has 0 spiro atoms. The van der Waals surface area contributed by atoms with Crippen LogP contribution in [0.2, 0.25) is 0 Å². The number of hydrogen-bond donors (Lipinski definition) is 1. The summed E-state index contributed by atoms with van der Waals surface area (Å²) in [5.41, 5.74) is 3.23. The second-order valence-corrected chi connectivity index (χ2v) is 9.54. The molecular weight excluding hydrogens is 494 g/mol. The molecule has 190 valence electrons. The summed E-state index contributed by atoms with van der Waals surface area (Å²) < 4.78 is 9.57. The van der Waals surface area contributed by atoms with E-state index in [9.17, 15) is 24.4 Å². The first kappa shape index (κ1) is 26.0. The Hall–Kier alpha value is -4.10. The average Bonchev–Trinajstić information content (AvgIpc) is 2.94. The Bertz CT molecular complexity index is 1310. The first-order valence-electron chi connectivity index (χ1n) is 11.6. The third-order valence-electron chi connectivity index (χ3n) is 6.50. The zero-order valence-corrected chi connectivity index (χ0v) is 21.2. The van der Waals surface area contributed by atoms with Gasteiger partial charge in [-0.25, -0.2) is 4.79 Å². The fourth-order valence-corrected chi connectivity index (χ4v) is 5.51. The van der Waals surface area contributed by atoms with Crippen LogP contribution >= 0.6 is 11.8 Å². The minimum atomic E-state index is -1.30. The maximum Gasteiger partial charge on any atom is 0.337 e. The topological polar surface area (TPSA) is 126 Å². The number of hydrogen-bond acceptors (Lipinski definition) is 8. The standard InChI is InChI=1S/C27H25N3O6S/c1-35-26(33)18-9-7-17(8-10-18)22-20(13-28)25(29-24(32)23(22)27(34)36-2)37-15-21(31)30-12-11-16-5-3-4-6-19(16)14-30/h3-10,22-23H,11-12,14-15H2,1-2H3,(H,29,32)/t22-,23+/m1/s1. The largest absolute Gasteiger partial charge is 0.468 e. The van der Waals surface area contributed by atoms with Gasteiger partial charge in [0.2, 0.25) is 11.8 Å². The molecule has 1 N–H and O–H groups in total. The van der Waals surface area contributed by atoms with Gasteiger partial charge in [0, 0.05) is 19.0 Å². The van der Waals surface area contributed by atoms with E-state index in [4.69, 9.17) is 9.47 Å². The van der Waals surface area contributed by atoms with Crippen LogP contribution in [-0.4, -0.2) is 55.2 Å². The molecule has 9 nitrogen and oxygen atoms in total. The summed E-state index contributed by atoms with van der Waals surface area (Å²) in [6, 6.07) is 16.2. The van der Waals surface area contributed by atoms with Crippen LogP contribution in [0.3, 0.4) is 0 Å². The minimum Gasteiger partial charge on any atom is -0.468 e. The highest BCUT2D eigenvalue weighted by atomic mass is 32.2. The van der Waals surface area contributed by atoms with E-state index >= 15 is 0 Å². The summed E-state index contributed by atoms with van der Waals surface area (Å²) in [5, 5.41) is 12.9. The SMILES string of the molecule is COC(=O)c1ccc([C@@H]2C(C#N)=C(SCC(=O)N3CCc4ccccc4C3)NC(=O)[C@H]2C(=O)OC)cc1. The zero-order valence-electron chi connectivity index (χ0n) is 20.4. The number of amides is 2. The van der Waals surface area contributed by atoms with Gasteiger partial charge < -0.3 is 19.7 Å². The van der Waals surface area contributed by atoms with Gasteiger partial charge in [0.05, 0.1) is 42.2 Å². The molecule has 10 heteroatoms. The second-order valence-electron chi connectivity index (χ2n) is 8.56. The highest BCUT2D eigenvalue weighted by Gasteiger charge is 2.44. The molecular formula is C27H25N3O6S. The van der Waals surface area contributed by atoms with E-state index in [1.54, 1.807) is 17.0 Å². The number of nitrogens with zero attached hydrogens (tertiary/aromatic N) is 2. The molecule has 2 aliphatic heterocycles. The number of nitrogens with one attached hydrogen (secondary N) is 1. The van der Waals surface area contributed by atoms with Gasteiger partial charge in [0.1, 0.15) is 5.92 Å². The second kappa shape index (κ2) is 11.3. The van der Waals surface area contributed by atoms with Crippen molar-refractivity contribution in [3.05, 3.63) is 81.4 Å². The van der Waals surface area contributed by atoms with E-state index in [1.165, 1.54) is 31.9 Å². The van der Waals surface area contributed by atoms with Crippen molar-refractivity contribution >= 4 is 35.5 Å². The van der Waals surface area contributed by atoms with E-state index in [0.29, 0.717) is 18.7 Å². The lowest BCUT2D eigenvalue weighted by Crippen LogP contribution is -2.44. The number of ether oxygens (including phenoxy) is 2.